The lowest BCUT2D eigenvalue weighted by Crippen LogP contribution is -2.44. The highest BCUT2D eigenvalue weighted by Gasteiger charge is 2.27. The summed E-state index contributed by atoms with van der Waals surface area (Å²) in [6.45, 7) is 3.09. The van der Waals surface area contributed by atoms with Gasteiger partial charge in [0, 0.05) is 0 Å². The van der Waals surface area contributed by atoms with Crippen molar-refractivity contribution in [1.29, 1.82) is 5.26 Å². The molecule has 6 nitrogen and oxygen atoms in total. The number of aliphatic carboxylic acids is 1. The van der Waals surface area contributed by atoms with Crippen LogP contribution in [0.3, 0.4) is 0 Å². The Morgan fingerprint density at radius 1 is 1.56 bits per heavy atom. The van der Waals surface area contributed by atoms with Crippen LogP contribution in [0.2, 0.25) is 0 Å². The van der Waals surface area contributed by atoms with Crippen LogP contribution in [0.4, 0.5) is 0 Å². The molecule has 0 aromatic heterocycles. The summed E-state index contributed by atoms with van der Waals surface area (Å²) < 4.78 is 24.9. The van der Waals surface area contributed by atoms with E-state index < -0.39 is 27.3 Å². The molecule has 0 rings (SSSR count). The normalized spacial score (nSPS) is 15.1. The van der Waals surface area contributed by atoms with Crippen molar-refractivity contribution in [3.63, 3.8) is 0 Å². The second-order valence-electron chi connectivity index (χ2n) is 3.47. The standard InChI is InChI=1S/C9H16N2O4S/c1-3-4-5-8(9(12)13)11-16(14,15)7(2)6-10/h7-8,11H,3-5H2,1-2H3,(H,12,13). The van der Waals surface area contributed by atoms with Crippen LogP contribution >= 0.6 is 0 Å². The van der Waals surface area contributed by atoms with Crippen LogP contribution in [0.5, 0.6) is 0 Å². The molecule has 2 N–H and O–H groups in total. The maximum atomic E-state index is 11.4. The van der Waals surface area contributed by atoms with Gasteiger partial charge in [-0.2, -0.15) is 9.98 Å². The third-order valence-electron chi connectivity index (χ3n) is 2.10. The number of unbranched alkanes of at least 4 members (excludes halogenated alkanes) is 1. The minimum atomic E-state index is -3.88. The average molecular weight is 248 g/mol. The van der Waals surface area contributed by atoms with E-state index in [4.69, 9.17) is 10.4 Å². The highest BCUT2D eigenvalue weighted by Crippen LogP contribution is 2.05. The van der Waals surface area contributed by atoms with Crippen molar-refractivity contribution in [1.82, 2.24) is 4.72 Å². The van der Waals surface area contributed by atoms with Gasteiger partial charge in [-0.25, -0.2) is 8.42 Å². The predicted molar refractivity (Wildman–Crippen MR) is 58.1 cm³/mol. The molecule has 2 atom stereocenters. The van der Waals surface area contributed by atoms with Gasteiger partial charge in [0.25, 0.3) is 0 Å². The summed E-state index contributed by atoms with van der Waals surface area (Å²) in [7, 11) is -3.88. The van der Waals surface area contributed by atoms with Gasteiger partial charge in [0.1, 0.15) is 6.04 Å². The number of nitrogens with zero attached hydrogens (tertiary/aromatic N) is 1. The van der Waals surface area contributed by atoms with Crippen molar-refractivity contribution in [2.45, 2.75) is 44.4 Å². The van der Waals surface area contributed by atoms with Gasteiger partial charge in [0.05, 0.1) is 6.07 Å². The lowest BCUT2D eigenvalue weighted by molar-refractivity contribution is -0.139. The molecule has 2 unspecified atom stereocenters. The van der Waals surface area contributed by atoms with E-state index in [0.29, 0.717) is 6.42 Å². The number of hydrogen-bond acceptors (Lipinski definition) is 4. The van der Waals surface area contributed by atoms with Crippen LogP contribution in [0, 0.1) is 11.3 Å². The largest absolute Gasteiger partial charge is 0.480 e. The SMILES string of the molecule is CCCCC(NS(=O)(=O)C(C)C#N)C(=O)O. The molecule has 0 saturated carbocycles. The van der Waals surface area contributed by atoms with Gasteiger partial charge >= 0.3 is 5.97 Å². The maximum absolute atomic E-state index is 11.4. The lowest BCUT2D eigenvalue weighted by Gasteiger charge is -2.15. The lowest BCUT2D eigenvalue weighted by atomic mass is 10.1. The molecule has 0 aliphatic heterocycles. The van der Waals surface area contributed by atoms with E-state index in [1.165, 1.54) is 6.92 Å². The van der Waals surface area contributed by atoms with Crippen LogP contribution in [0.15, 0.2) is 0 Å². The summed E-state index contributed by atoms with van der Waals surface area (Å²) in [4.78, 5) is 10.8. The molecule has 0 aromatic carbocycles. The Labute approximate surface area is 95.3 Å². The number of carbonyl (C=O) groups is 1. The number of rotatable bonds is 7. The Kier molecular flexibility index (Phi) is 6.00. The fourth-order valence-electron chi connectivity index (χ4n) is 1.01. The first kappa shape index (κ1) is 14.9. The van der Waals surface area contributed by atoms with Crippen LogP contribution in [-0.4, -0.2) is 30.8 Å². The zero-order valence-corrected chi connectivity index (χ0v) is 10.1. The molecule has 0 aliphatic rings. The van der Waals surface area contributed by atoms with Gasteiger partial charge in [0.2, 0.25) is 10.0 Å². The summed E-state index contributed by atoms with van der Waals surface area (Å²) >= 11 is 0. The summed E-state index contributed by atoms with van der Waals surface area (Å²) in [5.74, 6) is -1.22. The number of nitrogens with one attached hydrogen (secondary N) is 1. The van der Waals surface area contributed by atoms with E-state index in [0.717, 1.165) is 6.42 Å². The van der Waals surface area contributed by atoms with E-state index in [1.54, 1.807) is 6.07 Å². The van der Waals surface area contributed by atoms with Gasteiger partial charge in [-0.3, -0.25) is 4.79 Å². The van der Waals surface area contributed by atoms with Gasteiger partial charge in [-0.1, -0.05) is 19.8 Å². The predicted octanol–water partition coefficient (Wildman–Crippen LogP) is 0.461. The van der Waals surface area contributed by atoms with Crippen molar-refractivity contribution in [3.8, 4) is 6.07 Å². The zero-order valence-electron chi connectivity index (χ0n) is 9.30. The van der Waals surface area contributed by atoms with E-state index in [2.05, 4.69) is 0 Å². The minimum Gasteiger partial charge on any atom is -0.480 e. The first-order chi connectivity index (χ1) is 7.35. The monoisotopic (exact) mass is 248 g/mol. The van der Waals surface area contributed by atoms with Gasteiger partial charge in [-0.05, 0) is 13.3 Å². The molecule has 0 fully saturated rings. The van der Waals surface area contributed by atoms with E-state index >= 15 is 0 Å². The fourth-order valence-corrected chi connectivity index (χ4v) is 1.97. The van der Waals surface area contributed by atoms with E-state index in [9.17, 15) is 13.2 Å². The Morgan fingerprint density at radius 3 is 2.50 bits per heavy atom. The van der Waals surface area contributed by atoms with Crippen LogP contribution in [0.25, 0.3) is 0 Å². The quantitative estimate of drug-likeness (QED) is 0.680. The first-order valence-corrected chi connectivity index (χ1v) is 6.53. The second kappa shape index (κ2) is 6.45. The molecule has 0 amide bonds. The van der Waals surface area contributed by atoms with Crippen molar-refractivity contribution in [2.75, 3.05) is 0 Å². The van der Waals surface area contributed by atoms with Crippen molar-refractivity contribution in [3.05, 3.63) is 0 Å². The first-order valence-electron chi connectivity index (χ1n) is 4.98. The Morgan fingerprint density at radius 2 is 2.12 bits per heavy atom. The number of nitriles is 1. The third kappa shape index (κ3) is 4.59. The number of carboxylic acid groups (broad SMARTS) is 1. The topological polar surface area (TPSA) is 107 Å². The molecule has 0 heterocycles. The molecular formula is C9H16N2O4S. The van der Waals surface area contributed by atoms with Gasteiger partial charge < -0.3 is 5.11 Å². The highest BCUT2D eigenvalue weighted by atomic mass is 32.2. The maximum Gasteiger partial charge on any atom is 0.321 e. The molecule has 16 heavy (non-hydrogen) atoms. The molecule has 92 valence electrons. The molecular weight excluding hydrogens is 232 g/mol. The van der Waals surface area contributed by atoms with Crippen LogP contribution in [-0.2, 0) is 14.8 Å². The highest BCUT2D eigenvalue weighted by molar-refractivity contribution is 7.90. The van der Waals surface area contributed by atoms with Crippen molar-refractivity contribution < 1.29 is 18.3 Å². The molecule has 0 radical (unpaired) electrons. The molecule has 0 bridgehead atoms. The van der Waals surface area contributed by atoms with Crippen molar-refractivity contribution in [2.24, 2.45) is 0 Å². The molecule has 0 aliphatic carbocycles. The van der Waals surface area contributed by atoms with E-state index in [1.807, 2.05) is 11.6 Å². The number of carboxylic acids is 1. The number of hydrogen-bond donors (Lipinski definition) is 2. The van der Waals surface area contributed by atoms with Crippen molar-refractivity contribution >= 4 is 16.0 Å². The minimum absolute atomic E-state index is 0.225. The molecule has 7 heteroatoms. The van der Waals surface area contributed by atoms with E-state index in [-0.39, 0.29) is 6.42 Å². The Bertz CT molecular complexity index is 371. The van der Waals surface area contributed by atoms with Crippen LogP contribution in [0.1, 0.15) is 33.1 Å². The molecule has 0 aromatic rings. The Balaban J connectivity index is 4.64. The Hall–Kier alpha value is -1.13. The summed E-state index contributed by atoms with van der Waals surface area (Å²) in [5, 5.41) is 16.0. The second-order valence-corrected chi connectivity index (χ2v) is 5.50. The van der Waals surface area contributed by atoms with Gasteiger partial charge in [-0.15, -0.1) is 0 Å². The summed E-state index contributed by atoms with van der Waals surface area (Å²) in [6, 6.07) is 0.410. The van der Waals surface area contributed by atoms with Crippen LogP contribution < -0.4 is 4.72 Å². The molecule has 0 spiro atoms. The average Bonchev–Trinajstić information content (AvgIpc) is 2.22. The number of sulfonamides is 1. The summed E-state index contributed by atoms with van der Waals surface area (Å²) in [6.07, 6.45) is 1.61. The zero-order chi connectivity index (χ0) is 12.8. The third-order valence-corrected chi connectivity index (χ3v) is 3.75. The molecule has 0 saturated heterocycles. The van der Waals surface area contributed by atoms with Gasteiger partial charge in [0.15, 0.2) is 5.25 Å². The fraction of sp³-hybridized carbons (Fsp3) is 0.778. The summed E-state index contributed by atoms with van der Waals surface area (Å²) in [5.41, 5.74) is 0. The smallest absolute Gasteiger partial charge is 0.321 e.